The van der Waals surface area contributed by atoms with Crippen LogP contribution in [0.2, 0.25) is 0 Å². The molecule has 0 bridgehead atoms. The van der Waals surface area contributed by atoms with Gasteiger partial charge >= 0.3 is 18.1 Å². The summed E-state index contributed by atoms with van der Waals surface area (Å²) in [6, 6.07) is 6.60. The number of esters is 1. The number of hydrogen-bond donors (Lipinski definition) is 2. The van der Waals surface area contributed by atoms with Gasteiger partial charge in [-0.15, -0.1) is 10.2 Å². The molecule has 0 aliphatic rings. The van der Waals surface area contributed by atoms with Gasteiger partial charge < -0.3 is 15.4 Å². The van der Waals surface area contributed by atoms with Crippen LogP contribution in [0.1, 0.15) is 30.0 Å². The van der Waals surface area contributed by atoms with Gasteiger partial charge in [-0.05, 0) is 12.5 Å². The highest BCUT2D eigenvalue weighted by atomic mass is 32.1. The van der Waals surface area contributed by atoms with E-state index in [0.29, 0.717) is 10.6 Å². The Balaban J connectivity index is 2.03. The molecule has 0 saturated heterocycles. The number of benzene rings is 1. The molecule has 0 unspecified atom stereocenters. The Morgan fingerprint density at radius 1 is 1.17 bits per heavy atom. The molecule has 12 heteroatoms. The van der Waals surface area contributed by atoms with Gasteiger partial charge in [-0.3, -0.25) is 14.4 Å². The van der Waals surface area contributed by atoms with Crippen LogP contribution < -0.4 is 10.6 Å². The number of carbonyl (C=O) groups excluding carboxylic acids is 3. The second-order valence-corrected chi connectivity index (χ2v) is 6.73. The maximum atomic E-state index is 12.6. The number of amides is 2. The topological polar surface area (TPSA) is 110 Å². The number of hydrogen-bond acceptors (Lipinski definition) is 7. The average molecular weight is 430 g/mol. The van der Waals surface area contributed by atoms with Gasteiger partial charge in [-0.1, -0.05) is 41.7 Å². The monoisotopic (exact) mass is 430 g/mol. The molecule has 2 amide bonds. The van der Waals surface area contributed by atoms with Crippen molar-refractivity contribution in [3.05, 3.63) is 40.9 Å². The van der Waals surface area contributed by atoms with E-state index in [1.807, 2.05) is 5.32 Å². The highest BCUT2D eigenvalue weighted by Crippen LogP contribution is 2.22. The summed E-state index contributed by atoms with van der Waals surface area (Å²) in [6.45, 7) is 1.87. The molecule has 0 aliphatic carbocycles. The second-order valence-electron chi connectivity index (χ2n) is 5.67. The molecule has 0 saturated carbocycles. The number of carbonyl (C=O) groups is 3. The lowest BCUT2D eigenvalue weighted by atomic mass is 10.0. The lowest BCUT2D eigenvalue weighted by Crippen LogP contribution is -2.40. The van der Waals surface area contributed by atoms with E-state index >= 15 is 0 Å². The summed E-state index contributed by atoms with van der Waals surface area (Å²) in [5.74, 6) is -3.33. The van der Waals surface area contributed by atoms with E-state index in [1.165, 1.54) is 12.1 Å². The third-order valence-corrected chi connectivity index (χ3v) is 4.31. The normalized spacial score (nSPS) is 12.1. The Bertz CT molecular complexity index is 858. The van der Waals surface area contributed by atoms with Crippen molar-refractivity contribution >= 4 is 34.3 Å². The summed E-state index contributed by atoms with van der Waals surface area (Å²) in [6.07, 6.45) is -5.65. The van der Waals surface area contributed by atoms with Crippen LogP contribution in [0.15, 0.2) is 30.3 Å². The van der Waals surface area contributed by atoms with Crippen molar-refractivity contribution in [3.8, 4) is 0 Å². The lowest BCUT2D eigenvalue weighted by Gasteiger charge is -2.19. The van der Waals surface area contributed by atoms with Gasteiger partial charge in [-0.2, -0.15) is 13.2 Å². The first-order chi connectivity index (χ1) is 13.7. The van der Waals surface area contributed by atoms with Crippen LogP contribution in [0.5, 0.6) is 0 Å². The SMILES string of the molecule is CCOC(=O)Cc1nnc(NC(=O)C[C@H](NC(=O)C(F)(F)F)c2ccccc2)s1. The van der Waals surface area contributed by atoms with Crippen molar-refractivity contribution in [1.29, 1.82) is 0 Å². The van der Waals surface area contributed by atoms with Crippen LogP contribution in [0.3, 0.4) is 0 Å². The van der Waals surface area contributed by atoms with E-state index in [2.05, 4.69) is 15.5 Å². The molecular weight excluding hydrogens is 413 g/mol. The van der Waals surface area contributed by atoms with Gasteiger partial charge in [-0.25, -0.2) is 0 Å². The number of alkyl halides is 3. The van der Waals surface area contributed by atoms with Crippen LogP contribution in [0.25, 0.3) is 0 Å². The number of nitrogens with one attached hydrogen (secondary N) is 2. The molecule has 156 valence electrons. The summed E-state index contributed by atoms with van der Waals surface area (Å²) in [5, 5.41) is 12.1. The maximum absolute atomic E-state index is 12.6. The molecule has 2 rings (SSSR count). The van der Waals surface area contributed by atoms with Crippen molar-refractivity contribution < 1.29 is 32.3 Å². The maximum Gasteiger partial charge on any atom is 0.471 e. The minimum atomic E-state index is -5.08. The molecular formula is C17H17F3N4O4S. The van der Waals surface area contributed by atoms with Gasteiger partial charge in [0.05, 0.1) is 25.5 Å². The van der Waals surface area contributed by atoms with Crippen molar-refractivity contribution in [3.63, 3.8) is 0 Å². The van der Waals surface area contributed by atoms with Crippen molar-refractivity contribution in [2.45, 2.75) is 32.0 Å². The van der Waals surface area contributed by atoms with E-state index in [4.69, 9.17) is 4.74 Å². The first-order valence-electron chi connectivity index (χ1n) is 8.39. The zero-order valence-electron chi connectivity index (χ0n) is 15.2. The van der Waals surface area contributed by atoms with Crippen LogP contribution in [-0.4, -0.2) is 40.8 Å². The van der Waals surface area contributed by atoms with E-state index in [9.17, 15) is 27.6 Å². The van der Waals surface area contributed by atoms with Crippen molar-refractivity contribution in [1.82, 2.24) is 15.5 Å². The quantitative estimate of drug-likeness (QED) is 0.623. The highest BCUT2D eigenvalue weighted by molar-refractivity contribution is 7.15. The van der Waals surface area contributed by atoms with E-state index in [0.717, 1.165) is 11.3 Å². The molecule has 29 heavy (non-hydrogen) atoms. The molecule has 0 spiro atoms. The smallest absolute Gasteiger partial charge is 0.466 e. The third kappa shape index (κ3) is 7.14. The summed E-state index contributed by atoms with van der Waals surface area (Å²) in [4.78, 5) is 35.0. The van der Waals surface area contributed by atoms with E-state index in [-0.39, 0.29) is 18.2 Å². The summed E-state index contributed by atoms with van der Waals surface area (Å²) >= 11 is 0.934. The van der Waals surface area contributed by atoms with Crippen LogP contribution in [0.4, 0.5) is 18.3 Å². The average Bonchev–Trinajstić information content (AvgIpc) is 3.07. The predicted molar refractivity (Wildman–Crippen MR) is 96.9 cm³/mol. The molecule has 8 nitrogen and oxygen atoms in total. The molecule has 1 aromatic heterocycles. The van der Waals surface area contributed by atoms with Crippen molar-refractivity contribution in [2.24, 2.45) is 0 Å². The Hall–Kier alpha value is -3.02. The van der Waals surface area contributed by atoms with Crippen LogP contribution in [0, 0.1) is 0 Å². The zero-order valence-corrected chi connectivity index (χ0v) is 16.0. The highest BCUT2D eigenvalue weighted by Gasteiger charge is 2.40. The Labute approximate surface area is 167 Å². The molecule has 0 radical (unpaired) electrons. The number of rotatable bonds is 8. The number of nitrogens with zero attached hydrogens (tertiary/aromatic N) is 2. The minimum Gasteiger partial charge on any atom is -0.466 e. The standard InChI is InChI=1S/C17H17F3N4O4S/c1-2-28-14(26)9-13-23-24-16(29-13)22-12(25)8-11(10-6-4-3-5-7-10)21-15(27)17(18,19)20/h3-7,11H,2,8-9H2,1H3,(H,21,27)(H,22,24,25)/t11-/m0/s1. The number of halogens is 3. The molecule has 1 heterocycles. The molecule has 2 aromatic rings. The van der Waals surface area contributed by atoms with Crippen LogP contribution >= 0.6 is 11.3 Å². The minimum absolute atomic E-state index is 0.0725. The fraction of sp³-hybridized carbons (Fsp3) is 0.353. The number of aromatic nitrogens is 2. The Morgan fingerprint density at radius 2 is 1.86 bits per heavy atom. The predicted octanol–water partition coefficient (Wildman–Crippen LogP) is 2.39. The molecule has 0 fully saturated rings. The van der Waals surface area contributed by atoms with Gasteiger partial charge in [0.1, 0.15) is 5.01 Å². The van der Waals surface area contributed by atoms with E-state index in [1.54, 1.807) is 25.1 Å². The fourth-order valence-electron chi connectivity index (χ4n) is 2.24. The van der Waals surface area contributed by atoms with Gasteiger partial charge in [0.15, 0.2) is 0 Å². The molecule has 2 N–H and O–H groups in total. The van der Waals surface area contributed by atoms with Crippen LogP contribution in [-0.2, 0) is 25.5 Å². The second kappa shape index (κ2) is 9.96. The summed E-state index contributed by atoms with van der Waals surface area (Å²) < 4.78 is 42.6. The third-order valence-electron chi connectivity index (χ3n) is 3.47. The lowest BCUT2D eigenvalue weighted by molar-refractivity contribution is -0.174. The van der Waals surface area contributed by atoms with E-state index < -0.39 is 36.4 Å². The zero-order chi connectivity index (χ0) is 21.4. The first kappa shape index (κ1) is 22.3. The Morgan fingerprint density at radius 3 is 2.48 bits per heavy atom. The van der Waals surface area contributed by atoms with Gasteiger partial charge in [0.25, 0.3) is 0 Å². The summed E-state index contributed by atoms with van der Waals surface area (Å²) in [7, 11) is 0. The number of anilines is 1. The summed E-state index contributed by atoms with van der Waals surface area (Å²) in [5.41, 5.74) is 0.334. The molecule has 1 atom stereocenters. The molecule has 1 aromatic carbocycles. The molecule has 0 aliphatic heterocycles. The fourth-order valence-corrected chi connectivity index (χ4v) is 2.99. The van der Waals surface area contributed by atoms with Crippen molar-refractivity contribution in [2.75, 3.05) is 11.9 Å². The first-order valence-corrected chi connectivity index (χ1v) is 9.21. The van der Waals surface area contributed by atoms with Gasteiger partial charge in [0.2, 0.25) is 11.0 Å². The Kier molecular flexibility index (Phi) is 7.65. The largest absolute Gasteiger partial charge is 0.471 e. The number of ether oxygens (including phenoxy) is 1. The van der Waals surface area contributed by atoms with Gasteiger partial charge in [0, 0.05) is 0 Å².